The molecule has 1 heterocycles. The van der Waals surface area contributed by atoms with Crippen LogP contribution in [0.25, 0.3) is 0 Å². The van der Waals surface area contributed by atoms with E-state index in [1.807, 2.05) is 13.1 Å². The van der Waals surface area contributed by atoms with E-state index in [1.165, 1.54) is 0 Å². The molecule has 0 unspecified atom stereocenters. The third-order valence-corrected chi connectivity index (χ3v) is 2.67. The average molecular weight is 250 g/mol. The molecule has 1 aromatic heterocycles. The molecule has 0 fully saturated rings. The standard InChI is InChI=1S/C14H26N4/c1-10(2)9-18(7)12-8-11(15-6)16-13(17-12)14(3,4)5/h8,10H,9H2,1-7H3,(H,15,16,17). The van der Waals surface area contributed by atoms with Gasteiger partial charge in [-0.2, -0.15) is 0 Å². The molecule has 0 radical (unpaired) electrons. The van der Waals surface area contributed by atoms with E-state index in [9.17, 15) is 0 Å². The van der Waals surface area contributed by atoms with Gasteiger partial charge in [0.25, 0.3) is 0 Å². The lowest BCUT2D eigenvalue weighted by atomic mass is 9.96. The molecule has 0 bridgehead atoms. The van der Waals surface area contributed by atoms with Crippen LogP contribution in [0.2, 0.25) is 0 Å². The van der Waals surface area contributed by atoms with E-state index >= 15 is 0 Å². The van der Waals surface area contributed by atoms with E-state index in [1.54, 1.807) is 0 Å². The molecule has 0 aliphatic rings. The van der Waals surface area contributed by atoms with Crippen molar-refractivity contribution in [3.63, 3.8) is 0 Å². The average Bonchev–Trinajstić information content (AvgIpc) is 2.26. The first-order chi connectivity index (χ1) is 8.24. The van der Waals surface area contributed by atoms with Crippen molar-refractivity contribution < 1.29 is 0 Å². The molecule has 0 aromatic carbocycles. The summed E-state index contributed by atoms with van der Waals surface area (Å²) in [4.78, 5) is 11.4. The van der Waals surface area contributed by atoms with E-state index in [4.69, 9.17) is 0 Å². The van der Waals surface area contributed by atoms with Crippen molar-refractivity contribution in [2.24, 2.45) is 5.92 Å². The zero-order valence-corrected chi connectivity index (χ0v) is 12.7. The Hall–Kier alpha value is -1.32. The monoisotopic (exact) mass is 250 g/mol. The molecule has 4 nitrogen and oxygen atoms in total. The number of hydrogen-bond acceptors (Lipinski definition) is 4. The Morgan fingerprint density at radius 2 is 1.89 bits per heavy atom. The first-order valence-corrected chi connectivity index (χ1v) is 6.52. The minimum atomic E-state index is -0.0414. The molecular weight excluding hydrogens is 224 g/mol. The molecule has 102 valence electrons. The summed E-state index contributed by atoms with van der Waals surface area (Å²) in [6.45, 7) is 11.8. The van der Waals surface area contributed by atoms with Crippen LogP contribution >= 0.6 is 0 Å². The first kappa shape index (κ1) is 14.7. The highest BCUT2D eigenvalue weighted by molar-refractivity contribution is 5.49. The molecule has 1 aromatic rings. The van der Waals surface area contributed by atoms with Crippen LogP contribution < -0.4 is 10.2 Å². The molecule has 0 saturated carbocycles. The number of aromatic nitrogens is 2. The Balaban J connectivity index is 3.12. The highest BCUT2D eigenvalue weighted by atomic mass is 15.2. The molecule has 1 rings (SSSR count). The van der Waals surface area contributed by atoms with Crippen LogP contribution in [0.1, 0.15) is 40.4 Å². The lowest BCUT2D eigenvalue weighted by molar-refractivity contribution is 0.543. The van der Waals surface area contributed by atoms with Gasteiger partial charge in [-0.15, -0.1) is 0 Å². The second-order valence-corrected chi connectivity index (χ2v) is 6.21. The van der Waals surface area contributed by atoms with Crippen LogP contribution in [-0.4, -0.2) is 30.6 Å². The summed E-state index contributed by atoms with van der Waals surface area (Å²) in [6, 6.07) is 2.00. The van der Waals surface area contributed by atoms with Gasteiger partial charge in [0.15, 0.2) is 0 Å². The molecule has 4 heteroatoms. The zero-order chi connectivity index (χ0) is 13.9. The van der Waals surface area contributed by atoms with Gasteiger partial charge in [-0.25, -0.2) is 9.97 Å². The van der Waals surface area contributed by atoms with Gasteiger partial charge >= 0.3 is 0 Å². The van der Waals surface area contributed by atoms with Crippen molar-refractivity contribution in [2.75, 3.05) is 30.9 Å². The van der Waals surface area contributed by atoms with Crippen molar-refractivity contribution in [1.82, 2.24) is 9.97 Å². The van der Waals surface area contributed by atoms with Crippen LogP contribution in [0.4, 0.5) is 11.6 Å². The second-order valence-electron chi connectivity index (χ2n) is 6.21. The number of anilines is 2. The van der Waals surface area contributed by atoms with E-state index in [-0.39, 0.29) is 5.41 Å². The normalized spacial score (nSPS) is 11.8. The summed E-state index contributed by atoms with van der Waals surface area (Å²) in [7, 11) is 3.97. The van der Waals surface area contributed by atoms with Gasteiger partial charge in [0.2, 0.25) is 0 Å². The summed E-state index contributed by atoms with van der Waals surface area (Å²) in [6.07, 6.45) is 0. The van der Waals surface area contributed by atoms with Gasteiger partial charge in [0.1, 0.15) is 17.5 Å². The Bertz CT molecular complexity index is 393. The number of nitrogens with one attached hydrogen (secondary N) is 1. The molecule has 0 aliphatic carbocycles. The molecule has 0 amide bonds. The van der Waals surface area contributed by atoms with Crippen molar-refractivity contribution in [2.45, 2.75) is 40.0 Å². The van der Waals surface area contributed by atoms with Gasteiger partial charge in [-0.1, -0.05) is 34.6 Å². The second kappa shape index (κ2) is 5.55. The van der Waals surface area contributed by atoms with E-state index < -0.39 is 0 Å². The molecule has 1 N–H and O–H groups in total. The van der Waals surface area contributed by atoms with Gasteiger partial charge in [0.05, 0.1) is 0 Å². The third kappa shape index (κ3) is 3.86. The van der Waals surface area contributed by atoms with Crippen LogP contribution in [-0.2, 0) is 5.41 Å². The van der Waals surface area contributed by atoms with Gasteiger partial charge < -0.3 is 10.2 Å². The van der Waals surface area contributed by atoms with Crippen molar-refractivity contribution in [3.05, 3.63) is 11.9 Å². The topological polar surface area (TPSA) is 41.0 Å². The van der Waals surface area contributed by atoms with Gasteiger partial charge in [0, 0.05) is 32.1 Å². The van der Waals surface area contributed by atoms with Gasteiger partial charge in [-0.3, -0.25) is 0 Å². The van der Waals surface area contributed by atoms with Crippen LogP contribution in [0.3, 0.4) is 0 Å². The predicted molar refractivity (Wildman–Crippen MR) is 78.4 cm³/mol. The van der Waals surface area contributed by atoms with Crippen molar-refractivity contribution in [3.8, 4) is 0 Å². The maximum Gasteiger partial charge on any atom is 0.138 e. The Kier molecular flexibility index (Phi) is 4.54. The summed E-state index contributed by atoms with van der Waals surface area (Å²) in [5, 5.41) is 3.11. The Morgan fingerprint density at radius 1 is 1.28 bits per heavy atom. The Morgan fingerprint density at radius 3 is 2.33 bits per heavy atom. The number of nitrogens with zero attached hydrogens (tertiary/aromatic N) is 3. The smallest absolute Gasteiger partial charge is 0.138 e. The zero-order valence-electron chi connectivity index (χ0n) is 12.7. The summed E-state index contributed by atoms with van der Waals surface area (Å²) in [5.74, 6) is 3.34. The van der Waals surface area contributed by atoms with E-state index in [0.717, 1.165) is 24.0 Å². The molecule has 18 heavy (non-hydrogen) atoms. The fraction of sp³-hybridized carbons (Fsp3) is 0.714. The fourth-order valence-electron chi connectivity index (χ4n) is 1.73. The molecule has 0 spiro atoms. The highest BCUT2D eigenvalue weighted by Gasteiger charge is 2.20. The predicted octanol–water partition coefficient (Wildman–Crippen LogP) is 2.91. The van der Waals surface area contributed by atoms with Crippen LogP contribution in [0.15, 0.2) is 6.07 Å². The number of hydrogen-bond donors (Lipinski definition) is 1. The summed E-state index contributed by atoms with van der Waals surface area (Å²) < 4.78 is 0. The van der Waals surface area contributed by atoms with Crippen LogP contribution in [0, 0.1) is 5.92 Å². The molecule has 0 saturated heterocycles. The minimum absolute atomic E-state index is 0.0414. The number of rotatable bonds is 4. The van der Waals surface area contributed by atoms with Gasteiger partial charge in [-0.05, 0) is 5.92 Å². The fourth-order valence-corrected chi connectivity index (χ4v) is 1.73. The quantitative estimate of drug-likeness (QED) is 0.892. The molecular formula is C14H26N4. The largest absolute Gasteiger partial charge is 0.373 e. The van der Waals surface area contributed by atoms with Crippen molar-refractivity contribution >= 4 is 11.6 Å². The van der Waals surface area contributed by atoms with Crippen LogP contribution in [0.5, 0.6) is 0 Å². The minimum Gasteiger partial charge on any atom is -0.373 e. The third-order valence-electron chi connectivity index (χ3n) is 2.67. The first-order valence-electron chi connectivity index (χ1n) is 6.52. The maximum atomic E-state index is 4.68. The molecule has 0 atom stereocenters. The summed E-state index contributed by atoms with van der Waals surface area (Å²) >= 11 is 0. The lowest BCUT2D eigenvalue weighted by Crippen LogP contribution is -2.26. The van der Waals surface area contributed by atoms with E-state index in [2.05, 4.69) is 61.9 Å². The van der Waals surface area contributed by atoms with E-state index in [0.29, 0.717) is 5.92 Å². The summed E-state index contributed by atoms with van der Waals surface area (Å²) in [5.41, 5.74) is -0.0414. The lowest BCUT2D eigenvalue weighted by Gasteiger charge is -2.24. The molecule has 0 aliphatic heterocycles. The SMILES string of the molecule is CNc1cc(N(C)CC(C)C)nc(C(C)(C)C)n1. The Labute approximate surface area is 111 Å². The highest BCUT2D eigenvalue weighted by Crippen LogP contribution is 2.23. The maximum absolute atomic E-state index is 4.68. The van der Waals surface area contributed by atoms with Crippen molar-refractivity contribution in [1.29, 1.82) is 0 Å².